The molecular formula is C14H15F3N4O. The lowest BCUT2D eigenvalue weighted by Crippen LogP contribution is -2.12. The smallest absolute Gasteiger partial charge is 0.418 e. The summed E-state index contributed by atoms with van der Waals surface area (Å²) in [6, 6.07) is 5.07. The second kappa shape index (κ2) is 6.08. The molecule has 0 atom stereocenters. The molecule has 5 nitrogen and oxygen atoms in total. The lowest BCUT2D eigenvalue weighted by atomic mass is 10.1. The summed E-state index contributed by atoms with van der Waals surface area (Å²) in [5.74, 6) is 0.180. The quantitative estimate of drug-likeness (QED) is 0.902. The van der Waals surface area contributed by atoms with Crippen molar-refractivity contribution in [1.29, 1.82) is 0 Å². The van der Waals surface area contributed by atoms with E-state index < -0.39 is 11.7 Å². The largest absolute Gasteiger partial charge is 0.473 e. The van der Waals surface area contributed by atoms with Crippen molar-refractivity contribution in [2.24, 2.45) is 0 Å². The molecule has 8 heteroatoms. The van der Waals surface area contributed by atoms with Crippen LogP contribution in [0.1, 0.15) is 19.4 Å². The van der Waals surface area contributed by atoms with Gasteiger partial charge in [-0.1, -0.05) is 12.1 Å². The highest BCUT2D eigenvalue weighted by Gasteiger charge is 2.33. The average molecular weight is 312 g/mol. The maximum atomic E-state index is 13.0. The zero-order valence-electron chi connectivity index (χ0n) is 12.0. The van der Waals surface area contributed by atoms with E-state index in [1.807, 2.05) is 0 Å². The molecule has 22 heavy (non-hydrogen) atoms. The summed E-state index contributed by atoms with van der Waals surface area (Å²) in [5.41, 5.74) is 4.95. The SMILES string of the molecule is CC(C)Oc1ncnc(Nc2ccccc2C(F)(F)F)c1N. The van der Waals surface area contributed by atoms with Crippen LogP contribution in [0.5, 0.6) is 5.88 Å². The number of hydrogen-bond donors (Lipinski definition) is 2. The first-order valence-electron chi connectivity index (χ1n) is 6.49. The second-order valence-corrected chi connectivity index (χ2v) is 4.78. The highest BCUT2D eigenvalue weighted by Crippen LogP contribution is 2.37. The molecule has 0 fully saturated rings. The molecule has 0 aliphatic carbocycles. The van der Waals surface area contributed by atoms with E-state index in [1.165, 1.54) is 24.5 Å². The summed E-state index contributed by atoms with van der Waals surface area (Å²) in [5, 5.41) is 2.58. The Balaban J connectivity index is 2.36. The molecule has 3 N–H and O–H groups in total. The second-order valence-electron chi connectivity index (χ2n) is 4.78. The molecule has 0 saturated carbocycles. The first-order valence-corrected chi connectivity index (χ1v) is 6.49. The van der Waals surface area contributed by atoms with Gasteiger partial charge in [0.25, 0.3) is 0 Å². The van der Waals surface area contributed by atoms with Crippen LogP contribution in [-0.4, -0.2) is 16.1 Å². The summed E-state index contributed by atoms with van der Waals surface area (Å²) >= 11 is 0. The Labute approximate surface area is 125 Å². The monoisotopic (exact) mass is 312 g/mol. The van der Waals surface area contributed by atoms with E-state index in [4.69, 9.17) is 10.5 Å². The maximum Gasteiger partial charge on any atom is 0.418 e. The third-order valence-electron chi connectivity index (χ3n) is 2.68. The zero-order chi connectivity index (χ0) is 16.3. The number of hydrogen-bond acceptors (Lipinski definition) is 5. The third-order valence-corrected chi connectivity index (χ3v) is 2.68. The van der Waals surface area contributed by atoms with Crippen LogP contribution in [0.2, 0.25) is 0 Å². The van der Waals surface area contributed by atoms with Gasteiger partial charge in [-0.2, -0.15) is 18.2 Å². The van der Waals surface area contributed by atoms with Gasteiger partial charge >= 0.3 is 6.18 Å². The highest BCUT2D eigenvalue weighted by atomic mass is 19.4. The summed E-state index contributed by atoms with van der Waals surface area (Å²) in [7, 11) is 0. The van der Waals surface area contributed by atoms with Crippen LogP contribution in [-0.2, 0) is 6.18 Å². The van der Waals surface area contributed by atoms with Crippen LogP contribution in [0.4, 0.5) is 30.4 Å². The molecule has 0 amide bonds. The Kier molecular flexibility index (Phi) is 4.39. The fourth-order valence-electron chi connectivity index (χ4n) is 1.76. The van der Waals surface area contributed by atoms with E-state index in [-0.39, 0.29) is 29.2 Å². The van der Waals surface area contributed by atoms with Crippen molar-refractivity contribution >= 4 is 17.2 Å². The van der Waals surface area contributed by atoms with E-state index in [9.17, 15) is 13.2 Å². The molecule has 1 heterocycles. The Morgan fingerprint density at radius 2 is 1.86 bits per heavy atom. The van der Waals surface area contributed by atoms with Gasteiger partial charge in [-0.25, -0.2) is 4.98 Å². The fourth-order valence-corrected chi connectivity index (χ4v) is 1.76. The Bertz CT molecular complexity index is 659. The average Bonchev–Trinajstić information content (AvgIpc) is 2.42. The lowest BCUT2D eigenvalue weighted by molar-refractivity contribution is -0.136. The molecule has 0 bridgehead atoms. The molecule has 0 radical (unpaired) electrons. The third kappa shape index (κ3) is 3.57. The molecular weight excluding hydrogens is 297 g/mol. The molecule has 1 aromatic carbocycles. The fraction of sp³-hybridized carbons (Fsp3) is 0.286. The van der Waals surface area contributed by atoms with Crippen LogP contribution in [0, 0.1) is 0 Å². The molecule has 118 valence electrons. The number of halogens is 3. The number of para-hydroxylation sites is 1. The number of nitrogens with zero attached hydrogens (tertiary/aromatic N) is 2. The van der Waals surface area contributed by atoms with Crippen molar-refractivity contribution in [2.45, 2.75) is 26.1 Å². The molecule has 2 rings (SSSR count). The highest BCUT2D eigenvalue weighted by molar-refractivity contribution is 5.73. The number of nitrogens with one attached hydrogen (secondary N) is 1. The van der Waals surface area contributed by atoms with Gasteiger partial charge in [0.2, 0.25) is 5.88 Å². The minimum absolute atomic E-state index is 0.0492. The van der Waals surface area contributed by atoms with Crippen LogP contribution in [0.3, 0.4) is 0 Å². The number of alkyl halides is 3. The number of aromatic nitrogens is 2. The summed E-state index contributed by atoms with van der Waals surface area (Å²) in [4.78, 5) is 7.74. The van der Waals surface area contributed by atoms with E-state index in [0.29, 0.717) is 0 Å². The number of nitrogens with two attached hydrogens (primary N) is 1. The normalized spacial score (nSPS) is 11.5. The number of benzene rings is 1. The van der Waals surface area contributed by atoms with Gasteiger partial charge in [-0.3, -0.25) is 0 Å². The van der Waals surface area contributed by atoms with Crippen molar-refractivity contribution < 1.29 is 17.9 Å². The van der Waals surface area contributed by atoms with Gasteiger partial charge < -0.3 is 15.8 Å². The number of nitrogen functional groups attached to an aromatic ring is 1. The van der Waals surface area contributed by atoms with E-state index in [0.717, 1.165) is 6.07 Å². The summed E-state index contributed by atoms with van der Waals surface area (Å²) < 4.78 is 44.3. The Morgan fingerprint density at radius 1 is 1.18 bits per heavy atom. The first kappa shape index (κ1) is 15.9. The predicted octanol–water partition coefficient (Wildman–Crippen LogP) is 3.61. The van der Waals surface area contributed by atoms with Gasteiger partial charge in [0.05, 0.1) is 17.4 Å². The Morgan fingerprint density at radius 3 is 2.50 bits per heavy atom. The number of rotatable bonds is 4. The van der Waals surface area contributed by atoms with Gasteiger partial charge in [0, 0.05) is 0 Å². The molecule has 2 aromatic rings. The first-order chi connectivity index (χ1) is 10.3. The molecule has 0 saturated heterocycles. The van der Waals surface area contributed by atoms with Crippen molar-refractivity contribution in [1.82, 2.24) is 9.97 Å². The minimum atomic E-state index is -4.48. The summed E-state index contributed by atoms with van der Waals surface area (Å²) in [6.45, 7) is 3.57. The number of anilines is 3. The van der Waals surface area contributed by atoms with Crippen molar-refractivity contribution in [2.75, 3.05) is 11.1 Å². The molecule has 0 aliphatic rings. The van der Waals surface area contributed by atoms with Crippen molar-refractivity contribution in [3.63, 3.8) is 0 Å². The summed E-state index contributed by atoms with van der Waals surface area (Å²) in [6.07, 6.45) is -3.48. The Hall–Kier alpha value is -2.51. The molecule has 0 spiro atoms. The van der Waals surface area contributed by atoms with Crippen LogP contribution >= 0.6 is 0 Å². The predicted molar refractivity (Wildman–Crippen MR) is 76.9 cm³/mol. The van der Waals surface area contributed by atoms with Crippen LogP contribution < -0.4 is 15.8 Å². The van der Waals surface area contributed by atoms with Gasteiger partial charge in [-0.15, -0.1) is 0 Å². The van der Waals surface area contributed by atoms with Crippen molar-refractivity contribution in [3.8, 4) is 5.88 Å². The lowest BCUT2D eigenvalue weighted by Gasteiger charge is -2.16. The minimum Gasteiger partial charge on any atom is -0.473 e. The molecule has 1 aromatic heterocycles. The maximum absolute atomic E-state index is 13.0. The van der Waals surface area contributed by atoms with E-state index in [1.54, 1.807) is 13.8 Å². The van der Waals surface area contributed by atoms with Crippen molar-refractivity contribution in [3.05, 3.63) is 36.2 Å². The van der Waals surface area contributed by atoms with Gasteiger partial charge in [-0.05, 0) is 26.0 Å². The molecule has 0 unspecified atom stereocenters. The standard InChI is InChI=1S/C14H15F3N4O/c1-8(2)22-13-11(18)12(19-7-20-13)21-10-6-4-3-5-9(10)14(15,16)17/h3-8H,18H2,1-2H3,(H,19,20,21). The zero-order valence-corrected chi connectivity index (χ0v) is 12.0. The van der Waals surface area contributed by atoms with E-state index >= 15 is 0 Å². The van der Waals surface area contributed by atoms with E-state index in [2.05, 4.69) is 15.3 Å². The topological polar surface area (TPSA) is 73.1 Å². The number of ether oxygens (including phenoxy) is 1. The van der Waals surface area contributed by atoms with Gasteiger partial charge in [0.15, 0.2) is 5.82 Å². The van der Waals surface area contributed by atoms with Crippen LogP contribution in [0.25, 0.3) is 0 Å². The van der Waals surface area contributed by atoms with Gasteiger partial charge in [0.1, 0.15) is 12.0 Å². The molecule has 0 aliphatic heterocycles. The van der Waals surface area contributed by atoms with Crippen LogP contribution in [0.15, 0.2) is 30.6 Å².